The van der Waals surface area contributed by atoms with Gasteiger partial charge in [-0.05, 0) is 24.6 Å². The van der Waals surface area contributed by atoms with E-state index in [1.165, 1.54) is 6.07 Å². The lowest BCUT2D eigenvalue weighted by atomic mass is 10.2. The van der Waals surface area contributed by atoms with Crippen LogP contribution in [0, 0.1) is 6.92 Å². The van der Waals surface area contributed by atoms with Crippen LogP contribution in [-0.2, 0) is 9.59 Å². The molecule has 0 saturated heterocycles. The van der Waals surface area contributed by atoms with Gasteiger partial charge in [0, 0.05) is 0 Å². The number of carboxylic acid groups (broad SMARTS) is 1. The Morgan fingerprint density at radius 2 is 2.20 bits per heavy atom. The van der Waals surface area contributed by atoms with E-state index in [-0.39, 0.29) is 11.4 Å². The molecule has 0 aromatic heterocycles. The van der Waals surface area contributed by atoms with Crippen LogP contribution in [0.4, 0.5) is 5.69 Å². The van der Waals surface area contributed by atoms with Gasteiger partial charge in [0.25, 0.3) is 0 Å². The third-order valence-electron chi connectivity index (χ3n) is 1.87. The summed E-state index contributed by atoms with van der Waals surface area (Å²) in [6.07, 6.45) is 0.378. The fourth-order valence-corrected chi connectivity index (χ4v) is 1.19. The lowest BCUT2D eigenvalue weighted by Crippen LogP contribution is -2.28. The van der Waals surface area contributed by atoms with Crippen LogP contribution in [0.15, 0.2) is 18.2 Å². The lowest BCUT2D eigenvalue weighted by Gasteiger charge is -2.16. The van der Waals surface area contributed by atoms with Gasteiger partial charge in [0.2, 0.25) is 6.41 Å². The summed E-state index contributed by atoms with van der Waals surface area (Å²) < 4.78 is 0. The first-order valence-electron chi connectivity index (χ1n) is 4.28. The van der Waals surface area contributed by atoms with Gasteiger partial charge in [-0.2, -0.15) is 0 Å². The van der Waals surface area contributed by atoms with Crippen LogP contribution in [0.5, 0.6) is 5.75 Å². The summed E-state index contributed by atoms with van der Waals surface area (Å²) in [5.41, 5.74) is 1.03. The number of amides is 1. The minimum atomic E-state index is -1.14. The maximum atomic E-state index is 10.7. The topological polar surface area (TPSA) is 77.8 Å². The third-order valence-corrected chi connectivity index (χ3v) is 1.87. The molecule has 0 spiro atoms. The highest BCUT2D eigenvalue weighted by Gasteiger charge is 2.13. The zero-order chi connectivity index (χ0) is 11.4. The Balaban J connectivity index is 3.05. The second-order valence-corrected chi connectivity index (χ2v) is 3.12. The molecule has 2 N–H and O–H groups in total. The van der Waals surface area contributed by atoms with E-state index in [0.717, 1.165) is 10.5 Å². The van der Waals surface area contributed by atoms with Crippen molar-refractivity contribution < 1.29 is 19.8 Å². The lowest BCUT2D eigenvalue weighted by molar-refractivity contribution is -0.136. The van der Waals surface area contributed by atoms with E-state index >= 15 is 0 Å². The van der Waals surface area contributed by atoms with Crippen molar-refractivity contribution in [1.82, 2.24) is 0 Å². The maximum absolute atomic E-state index is 10.7. The minimum Gasteiger partial charge on any atom is -0.506 e. The van der Waals surface area contributed by atoms with Crippen molar-refractivity contribution in [3.8, 4) is 5.75 Å². The van der Waals surface area contributed by atoms with Crippen molar-refractivity contribution in [1.29, 1.82) is 0 Å². The number of rotatable bonds is 4. The number of carbonyl (C=O) groups excluding carboxylic acids is 1. The molecule has 0 fully saturated rings. The van der Waals surface area contributed by atoms with E-state index in [0.29, 0.717) is 6.41 Å². The average Bonchev–Trinajstić information content (AvgIpc) is 2.18. The SMILES string of the molecule is Cc1ccc(O)c(N(C=O)CC(=O)O)c1. The average molecular weight is 209 g/mol. The fourth-order valence-electron chi connectivity index (χ4n) is 1.19. The van der Waals surface area contributed by atoms with E-state index < -0.39 is 12.5 Å². The Bertz CT molecular complexity index is 389. The molecule has 0 bridgehead atoms. The number of phenols is 1. The molecule has 1 aromatic rings. The van der Waals surface area contributed by atoms with Gasteiger partial charge in [-0.25, -0.2) is 0 Å². The molecular formula is C10H11NO4. The Morgan fingerprint density at radius 3 is 2.73 bits per heavy atom. The predicted octanol–water partition coefficient (Wildman–Crippen LogP) is 0.748. The molecule has 5 heteroatoms. The number of carboxylic acids is 1. The van der Waals surface area contributed by atoms with Crippen LogP contribution in [0.25, 0.3) is 0 Å². The van der Waals surface area contributed by atoms with Crippen LogP contribution in [0.3, 0.4) is 0 Å². The smallest absolute Gasteiger partial charge is 0.323 e. The van der Waals surface area contributed by atoms with Gasteiger partial charge in [-0.3, -0.25) is 9.59 Å². The Labute approximate surface area is 86.6 Å². The van der Waals surface area contributed by atoms with Crippen LogP contribution in [-0.4, -0.2) is 29.1 Å². The van der Waals surface area contributed by atoms with E-state index in [9.17, 15) is 14.7 Å². The highest BCUT2D eigenvalue weighted by molar-refractivity contribution is 5.86. The third kappa shape index (κ3) is 2.70. The normalized spacial score (nSPS) is 9.67. The molecule has 0 saturated carbocycles. The number of hydrogen-bond acceptors (Lipinski definition) is 3. The van der Waals surface area contributed by atoms with Gasteiger partial charge in [-0.15, -0.1) is 0 Å². The minimum absolute atomic E-state index is 0.117. The molecule has 15 heavy (non-hydrogen) atoms. The molecule has 0 radical (unpaired) electrons. The zero-order valence-electron chi connectivity index (χ0n) is 8.17. The first-order valence-corrected chi connectivity index (χ1v) is 4.28. The fraction of sp³-hybridized carbons (Fsp3) is 0.200. The Hall–Kier alpha value is -2.04. The summed E-state index contributed by atoms with van der Waals surface area (Å²) in [5, 5.41) is 18.0. The summed E-state index contributed by atoms with van der Waals surface area (Å²) in [5.74, 6) is -1.25. The number of aryl methyl sites for hydroxylation is 1. The first kappa shape index (κ1) is 11.0. The molecular weight excluding hydrogens is 198 g/mol. The maximum Gasteiger partial charge on any atom is 0.323 e. The molecule has 0 heterocycles. The van der Waals surface area contributed by atoms with Gasteiger partial charge in [0.15, 0.2) is 0 Å². The molecule has 0 aliphatic carbocycles. The van der Waals surface area contributed by atoms with Crippen LogP contribution in [0.1, 0.15) is 5.56 Å². The molecule has 5 nitrogen and oxygen atoms in total. The summed E-state index contributed by atoms with van der Waals surface area (Å²) >= 11 is 0. The second kappa shape index (κ2) is 4.45. The predicted molar refractivity (Wildman–Crippen MR) is 53.9 cm³/mol. The van der Waals surface area contributed by atoms with Crippen LogP contribution < -0.4 is 4.90 Å². The van der Waals surface area contributed by atoms with Gasteiger partial charge >= 0.3 is 5.97 Å². The van der Waals surface area contributed by atoms with E-state index in [1.807, 2.05) is 0 Å². The van der Waals surface area contributed by atoms with Gasteiger partial charge in [-0.1, -0.05) is 6.07 Å². The number of phenolic OH excluding ortho intramolecular Hbond substituents is 1. The number of anilines is 1. The van der Waals surface area contributed by atoms with Crippen LogP contribution >= 0.6 is 0 Å². The van der Waals surface area contributed by atoms with Crippen molar-refractivity contribution in [2.45, 2.75) is 6.92 Å². The quantitative estimate of drug-likeness (QED) is 0.717. The highest BCUT2D eigenvalue weighted by atomic mass is 16.4. The molecule has 0 aliphatic heterocycles. The largest absolute Gasteiger partial charge is 0.506 e. The van der Waals surface area contributed by atoms with E-state index in [2.05, 4.69) is 0 Å². The first-order chi connectivity index (χ1) is 7.04. The monoisotopic (exact) mass is 209 g/mol. The molecule has 0 atom stereocenters. The van der Waals surface area contributed by atoms with Crippen molar-refractivity contribution in [2.75, 3.05) is 11.4 Å². The number of aromatic hydroxyl groups is 1. The standard InChI is InChI=1S/C10H11NO4/c1-7-2-3-9(13)8(4-7)11(6-12)5-10(14)15/h2-4,6,13H,5H2,1H3,(H,14,15). The van der Waals surface area contributed by atoms with E-state index in [1.54, 1.807) is 19.1 Å². The summed E-state index contributed by atoms with van der Waals surface area (Å²) in [7, 11) is 0. The molecule has 1 aromatic carbocycles. The number of carbonyl (C=O) groups is 2. The summed E-state index contributed by atoms with van der Waals surface area (Å²) in [6.45, 7) is 1.31. The van der Waals surface area contributed by atoms with Crippen molar-refractivity contribution in [3.05, 3.63) is 23.8 Å². The number of benzene rings is 1. The van der Waals surface area contributed by atoms with Gasteiger partial charge < -0.3 is 15.1 Å². The number of nitrogens with zero attached hydrogens (tertiary/aromatic N) is 1. The van der Waals surface area contributed by atoms with Crippen LogP contribution in [0.2, 0.25) is 0 Å². The summed E-state index contributed by atoms with van der Waals surface area (Å²) in [4.78, 5) is 22.0. The zero-order valence-corrected chi connectivity index (χ0v) is 8.17. The molecule has 0 unspecified atom stereocenters. The van der Waals surface area contributed by atoms with Crippen molar-refractivity contribution in [2.24, 2.45) is 0 Å². The molecule has 1 amide bonds. The Morgan fingerprint density at radius 1 is 1.53 bits per heavy atom. The Kier molecular flexibility index (Phi) is 3.28. The van der Waals surface area contributed by atoms with Crippen molar-refractivity contribution >= 4 is 18.1 Å². The highest BCUT2D eigenvalue weighted by Crippen LogP contribution is 2.26. The van der Waals surface area contributed by atoms with E-state index in [4.69, 9.17) is 5.11 Å². The van der Waals surface area contributed by atoms with Gasteiger partial charge in [0.1, 0.15) is 12.3 Å². The number of aliphatic carboxylic acids is 1. The molecule has 1 rings (SSSR count). The van der Waals surface area contributed by atoms with Crippen molar-refractivity contribution in [3.63, 3.8) is 0 Å². The summed E-state index contributed by atoms with van der Waals surface area (Å²) in [6, 6.07) is 4.64. The molecule has 80 valence electrons. The number of hydrogen-bond donors (Lipinski definition) is 2. The second-order valence-electron chi connectivity index (χ2n) is 3.12. The molecule has 0 aliphatic rings. The van der Waals surface area contributed by atoms with Gasteiger partial charge in [0.05, 0.1) is 5.69 Å².